The quantitative estimate of drug-likeness (QED) is 0.778. The molecule has 0 atom stereocenters. The molecule has 1 aliphatic heterocycles. The Morgan fingerprint density at radius 3 is 2.59 bits per heavy atom. The molecule has 0 saturated carbocycles. The molecule has 4 rings (SSSR count). The molecule has 2 heterocycles. The van der Waals surface area contributed by atoms with Crippen molar-refractivity contribution in [1.29, 1.82) is 0 Å². The summed E-state index contributed by atoms with van der Waals surface area (Å²) in [4.78, 5) is 23.4. The van der Waals surface area contributed by atoms with Crippen molar-refractivity contribution in [1.82, 2.24) is 15.3 Å². The number of aryl methyl sites for hydroxylation is 1. The van der Waals surface area contributed by atoms with Crippen LogP contribution in [0.5, 0.6) is 0 Å². The van der Waals surface area contributed by atoms with Gasteiger partial charge in [0.15, 0.2) is 0 Å². The van der Waals surface area contributed by atoms with Crippen molar-refractivity contribution in [2.24, 2.45) is 0 Å². The molecule has 27 heavy (non-hydrogen) atoms. The number of fused-ring (bicyclic) bond motifs is 1. The van der Waals surface area contributed by atoms with Gasteiger partial charge in [-0.15, -0.1) is 0 Å². The molecular formula is C22H22N4O. The lowest BCUT2D eigenvalue weighted by atomic mass is 10.0. The zero-order chi connectivity index (χ0) is 18.6. The Kier molecular flexibility index (Phi) is 4.83. The number of carbonyl (C=O) groups excluding carboxylic acids is 1. The molecule has 0 saturated heterocycles. The molecule has 0 unspecified atom stereocenters. The van der Waals surface area contributed by atoms with Crippen molar-refractivity contribution >= 4 is 11.7 Å². The lowest BCUT2D eigenvalue weighted by molar-refractivity contribution is 0.0945. The van der Waals surface area contributed by atoms with Gasteiger partial charge in [-0.2, -0.15) is 0 Å². The summed E-state index contributed by atoms with van der Waals surface area (Å²) in [7, 11) is 0. The monoisotopic (exact) mass is 358 g/mol. The average Bonchev–Trinajstić information content (AvgIpc) is 2.73. The van der Waals surface area contributed by atoms with E-state index in [0.717, 1.165) is 36.5 Å². The van der Waals surface area contributed by atoms with E-state index in [1.165, 1.54) is 11.1 Å². The minimum atomic E-state index is -0.207. The van der Waals surface area contributed by atoms with Crippen LogP contribution in [0.2, 0.25) is 0 Å². The number of nitrogens with one attached hydrogen (secondary N) is 1. The van der Waals surface area contributed by atoms with Crippen LogP contribution >= 0.6 is 0 Å². The van der Waals surface area contributed by atoms with E-state index in [9.17, 15) is 4.79 Å². The summed E-state index contributed by atoms with van der Waals surface area (Å²) in [5, 5.41) is 2.91. The fourth-order valence-corrected chi connectivity index (χ4v) is 3.37. The highest BCUT2D eigenvalue weighted by atomic mass is 16.1. The molecule has 1 amide bonds. The van der Waals surface area contributed by atoms with Gasteiger partial charge in [0.2, 0.25) is 0 Å². The molecule has 0 bridgehead atoms. The van der Waals surface area contributed by atoms with Gasteiger partial charge < -0.3 is 10.2 Å². The summed E-state index contributed by atoms with van der Waals surface area (Å²) in [6.45, 7) is 4.25. The Labute approximate surface area is 159 Å². The zero-order valence-corrected chi connectivity index (χ0v) is 15.4. The topological polar surface area (TPSA) is 58.1 Å². The molecule has 1 aromatic heterocycles. The standard InChI is InChI=1S/C22H22N4O/c1-16-6-2-3-8-18(16)12-25-22(27)20-13-24-21(14-23-20)26-11-10-17-7-4-5-9-19(17)15-26/h2-9,13-14H,10-12,15H2,1H3,(H,25,27). The predicted octanol–water partition coefficient (Wildman–Crippen LogP) is 3.28. The highest BCUT2D eigenvalue weighted by molar-refractivity contribution is 5.92. The van der Waals surface area contributed by atoms with E-state index in [2.05, 4.69) is 44.5 Å². The van der Waals surface area contributed by atoms with Crippen LogP contribution in [0.3, 0.4) is 0 Å². The first-order valence-corrected chi connectivity index (χ1v) is 9.17. The molecule has 5 heteroatoms. The number of hydrogen-bond donors (Lipinski definition) is 1. The molecule has 0 fully saturated rings. The number of carbonyl (C=O) groups is 1. The Balaban J connectivity index is 1.40. The number of anilines is 1. The summed E-state index contributed by atoms with van der Waals surface area (Å²) < 4.78 is 0. The Bertz CT molecular complexity index is 953. The van der Waals surface area contributed by atoms with Crippen LogP contribution in [0.15, 0.2) is 60.9 Å². The van der Waals surface area contributed by atoms with Crippen LogP contribution in [-0.2, 0) is 19.5 Å². The fourth-order valence-electron chi connectivity index (χ4n) is 3.37. The molecule has 136 valence electrons. The third-order valence-corrected chi connectivity index (χ3v) is 5.03. The maximum atomic E-state index is 12.4. The van der Waals surface area contributed by atoms with Gasteiger partial charge >= 0.3 is 0 Å². The lowest BCUT2D eigenvalue weighted by Crippen LogP contribution is -2.31. The van der Waals surface area contributed by atoms with Gasteiger partial charge in [0.1, 0.15) is 11.5 Å². The normalized spacial score (nSPS) is 13.1. The van der Waals surface area contributed by atoms with Crippen LogP contribution in [-0.4, -0.2) is 22.4 Å². The van der Waals surface area contributed by atoms with Crippen LogP contribution in [0, 0.1) is 6.92 Å². The number of nitrogens with zero attached hydrogens (tertiary/aromatic N) is 3. The van der Waals surface area contributed by atoms with Gasteiger partial charge in [-0.1, -0.05) is 48.5 Å². The van der Waals surface area contributed by atoms with Gasteiger partial charge in [0.05, 0.1) is 12.4 Å². The van der Waals surface area contributed by atoms with E-state index in [-0.39, 0.29) is 5.91 Å². The molecule has 1 aliphatic rings. The van der Waals surface area contributed by atoms with Crippen molar-refractivity contribution < 1.29 is 4.79 Å². The number of benzene rings is 2. The summed E-state index contributed by atoms with van der Waals surface area (Å²) >= 11 is 0. The van der Waals surface area contributed by atoms with E-state index in [4.69, 9.17) is 0 Å². The minimum Gasteiger partial charge on any atom is -0.351 e. The van der Waals surface area contributed by atoms with Gasteiger partial charge in [-0.3, -0.25) is 4.79 Å². The molecule has 0 spiro atoms. The van der Waals surface area contributed by atoms with Crippen molar-refractivity contribution in [2.45, 2.75) is 26.4 Å². The van der Waals surface area contributed by atoms with Crippen molar-refractivity contribution in [3.05, 3.63) is 88.9 Å². The highest BCUT2D eigenvalue weighted by Crippen LogP contribution is 2.22. The van der Waals surface area contributed by atoms with Crippen LogP contribution < -0.4 is 10.2 Å². The molecule has 0 radical (unpaired) electrons. The second kappa shape index (κ2) is 7.58. The third kappa shape index (κ3) is 3.82. The molecule has 2 aromatic carbocycles. The second-order valence-corrected chi connectivity index (χ2v) is 6.81. The van der Waals surface area contributed by atoms with Crippen LogP contribution in [0.1, 0.15) is 32.7 Å². The van der Waals surface area contributed by atoms with Gasteiger partial charge in [-0.05, 0) is 35.6 Å². The lowest BCUT2D eigenvalue weighted by Gasteiger charge is -2.29. The minimum absolute atomic E-state index is 0.207. The second-order valence-electron chi connectivity index (χ2n) is 6.81. The van der Waals surface area contributed by atoms with Crippen LogP contribution in [0.4, 0.5) is 5.82 Å². The fraction of sp³-hybridized carbons (Fsp3) is 0.227. The number of hydrogen-bond acceptors (Lipinski definition) is 4. The summed E-state index contributed by atoms with van der Waals surface area (Å²) in [6.07, 6.45) is 4.25. The van der Waals surface area contributed by atoms with Crippen molar-refractivity contribution in [3.8, 4) is 0 Å². The van der Waals surface area contributed by atoms with E-state index in [1.54, 1.807) is 12.4 Å². The maximum absolute atomic E-state index is 12.4. The molecule has 1 N–H and O–H groups in total. The summed E-state index contributed by atoms with van der Waals surface area (Å²) in [6, 6.07) is 16.5. The predicted molar refractivity (Wildman–Crippen MR) is 106 cm³/mol. The molecular weight excluding hydrogens is 336 g/mol. The number of aromatic nitrogens is 2. The SMILES string of the molecule is Cc1ccccc1CNC(=O)c1cnc(N2CCc3ccccc3C2)cn1. The van der Waals surface area contributed by atoms with E-state index < -0.39 is 0 Å². The number of amides is 1. The summed E-state index contributed by atoms with van der Waals surface area (Å²) in [5.74, 6) is 0.598. The Hall–Kier alpha value is -3.21. The van der Waals surface area contributed by atoms with Gasteiger partial charge in [0, 0.05) is 19.6 Å². The third-order valence-electron chi connectivity index (χ3n) is 5.03. The number of rotatable bonds is 4. The molecule has 3 aromatic rings. The molecule has 5 nitrogen and oxygen atoms in total. The zero-order valence-electron chi connectivity index (χ0n) is 15.4. The molecule has 0 aliphatic carbocycles. The van der Waals surface area contributed by atoms with Crippen molar-refractivity contribution in [3.63, 3.8) is 0 Å². The first-order valence-electron chi connectivity index (χ1n) is 9.17. The van der Waals surface area contributed by atoms with E-state index in [1.807, 2.05) is 31.2 Å². The Morgan fingerprint density at radius 2 is 1.81 bits per heavy atom. The highest BCUT2D eigenvalue weighted by Gasteiger charge is 2.18. The van der Waals surface area contributed by atoms with Gasteiger partial charge in [-0.25, -0.2) is 9.97 Å². The first-order chi connectivity index (χ1) is 13.2. The maximum Gasteiger partial charge on any atom is 0.271 e. The largest absolute Gasteiger partial charge is 0.351 e. The van der Waals surface area contributed by atoms with Gasteiger partial charge in [0.25, 0.3) is 5.91 Å². The smallest absolute Gasteiger partial charge is 0.271 e. The average molecular weight is 358 g/mol. The van der Waals surface area contributed by atoms with E-state index in [0.29, 0.717) is 12.2 Å². The Morgan fingerprint density at radius 1 is 1.04 bits per heavy atom. The first kappa shape index (κ1) is 17.2. The van der Waals surface area contributed by atoms with Crippen LogP contribution in [0.25, 0.3) is 0 Å². The van der Waals surface area contributed by atoms with Crippen molar-refractivity contribution in [2.75, 3.05) is 11.4 Å². The summed E-state index contributed by atoms with van der Waals surface area (Å²) in [5.41, 5.74) is 5.32. The van der Waals surface area contributed by atoms with E-state index >= 15 is 0 Å².